The maximum Gasteiger partial charge on any atom is 0.416 e. The molecule has 1 atom stereocenters. The summed E-state index contributed by atoms with van der Waals surface area (Å²) in [5, 5.41) is -0.294. The number of halogens is 3. The van der Waals surface area contributed by atoms with Gasteiger partial charge >= 0.3 is 6.18 Å². The molecular formula is C15H12F3NO2S. The van der Waals surface area contributed by atoms with E-state index < -0.39 is 17.6 Å². The number of carbonyl (C=O) groups is 1. The van der Waals surface area contributed by atoms with E-state index in [1.807, 2.05) is 0 Å². The second-order valence-electron chi connectivity index (χ2n) is 4.82. The van der Waals surface area contributed by atoms with Gasteiger partial charge < -0.3 is 9.32 Å². The van der Waals surface area contributed by atoms with Crippen LogP contribution in [0, 0.1) is 0 Å². The van der Waals surface area contributed by atoms with Crippen molar-refractivity contribution in [2.45, 2.75) is 11.6 Å². The molecule has 1 aliphatic heterocycles. The van der Waals surface area contributed by atoms with Crippen molar-refractivity contribution in [1.82, 2.24) is 4.90 Å². The van der Waals surface area contributed by atoms with E-state index in [-0.39, 0.29) is 10.9 Å². The quantitative estimate of drug-likeness (QED) is 0.829. The summed E-state index contributed by atoms with van der Waals surface area (Å²) in [5.41, 5.74) is -0.784. The Labute approximate surface area is 129 Å². The number of thioether (sulfide) groups is 1. The van der Waals surface area contributed by atoms with E-state index in [1.165, 1.54) is 30.2 Å². The molecule has 1 aliphatic rings. The van der Waals surface area contributed by atoms with Crippen molar-refractivity contribution < 1.29 is 22.4 Å². The van der Waals surface area contributed by atoms with Gasteiger partial charge in [-0.05, 0) is 30.3 Å². The fraction of sp³-hybridized carbons (Fsp3) is 0.267. The van der Waals surface area contributed by atoms with Gasteiger partial charge in [-0.25, -0.2) is 0 Å². The van der Waals surface area contributed by atoms with Gasteiger partial charge in [0, 0.05) is 17.9 Å². The molecule has 1 fully saturated rings. The van der Waals surface area contributed by atoms with Crippen LogP contribution < -0.4 is 0 Å². The fourth-order valence-electron chi connectivity index (χ4n) is 2.34. The standard InChI is InChI=1S/C15H12F3NO2S/c16-15(17,18)11-4-1-3-10(9-11)13(20)19-6-8-22-14(19)12-5-2-7-21-12/h1-5,7,9,14H,6,8H2/t14-/m0/s1. The topological polar surface area (TPSA) is 33.5 Å². The third kappa shape index (κ3) is 2.85. The second kappa shape index (κ2) is 5.72. The van der Waals surface area contributed by atoms with Gasteiger partial charge in [-0.1, -0.05) is 6.07 Å². The predicted molar refractivity (Wildman–Crippen MR) is 76.4 cm³/mol. The Morgan fingerprint density at radius 2 is 2.09 bits per heavy atom. The number of carbonyl (C=O) groups excluding carboxylic acids is 1. The number of furan rings is 1. The van der Waals surface area contributed by atoms with E-state index >= 15 is 0 Å². The summed E-state index contributed by atoms with van der Waals surface area (Å²) in [6.07, 6.45) is -2.95. The molecule has 1 amide bonds. The fourth-order valence-corrected chi connectivity index (χ4v) is 3.54. The van der Waals surface area contributed by atoms with Crippen LogP contribution in [0.3, 0.4) is 0 Å². The number of rotatable bonds is 2. The highest BCUT2D eigenvalue weighted by molar-refractivity contribution is 7.99. The van der Waals surface area contributed by atoms with Crippen LogP contribution in [0.15, 0.2) is 47.1 Å². The van der Waals surface area contributed by atoms with E-state index in [1.54, 1.807) is 17.0 Å². The lowest BCUT2D eigenvalue weighted by atomic mass is 10.1. The van der Waals surface area contributed by atoms with Crippen molar-refractivity contribution in [2.75, 3.05) is 12.3 Å². The zero-order valence-electron chi connectivity index (χ0n) is 11.3. The van der Waals surface area contributed by atoms with Crippen LogP contribution in [0.2, 0.25) is 0 Å². The minimum atomic E-state index is -4.46. The first-order chi connectivity index (χ1) is 10.5. The summed E-state index contributed by atoms with van der Waals surface area (Å²) in [7, 11) is 0. The van der Waals surface area contributed by atoms with Gasteiger partial charge in [0.15, 0.2) is 0 Å². The molecule has 0 radical (unpaired) electrons. The molecule has 0 aliphatic carbocycles. The largest absolute Gasteiger partial charge is 0.466 e. The molecule has 3 nitrogen and oxygen atoms in total. The van der Waals surface area contributed by atoms with Crippen LogP contribution in [-0.2, 0) is 6.18 Å². The highest BCUT2D eigenvalue weighted by Crippen LogP contribution is 2.39. The number of alkyl halides is 3. The molecule has 3 rings (SSSR count). The molecule has 0 unspecified atom stereocenters. The molecule has 2 aromatic rings. The molecule has 2 heterocycles. The van der Waals surface area contributed by atoms with Crippen LogP contribution in [0.25, 0.3) is 0 Å². The summed E-state index contributed by atoms with van der Waals surface area (Å²) in [6, 6.07) is 7.99. The van der Waals surface area contributed by atoms with Crippen molar-refractivity contribution in [3.8, 4) is 0 Å². The van der Waals surface area contributed by atoms with Crippen molar-refractivity contribution in [3.05, 3.63) is 59.5 Å². The zero-order valence-corrected chi connectivity index (χ0v) is 12.2. The Morgan fingerprint density at radius 3 is 2.77 bits per heavy atom. The molecule has 0 bridgehead atoms. The molecular weight excluding hydrogens is 315 g/mol. The van der Waals surface area contributed by atoms with Crippen molar-refractivity contribution in [1.29, 1.82) is 0 Å². The van der Waals surface area contributed by atoms with Gasteiger partial charge in [-0.3, -0.25) is 4.79 Å². The number of hydrogen-bond acceptors (Lipinski definition) is 3. The number of benzene rings is 1. The first-order valence-electron chi connectivity index (χ1n) is 6.60. The Hall–Kier alpha value is -1.89. The molecule has 1 saturated heterocycles. The molecule has 1 aromatic heterocycles. The van der Waals surface area contributed by atoms with Crippen LogP contribution in [0.1, 0.15) is 27.1 Å². The van der Waals surface area contributed by atoms with E-state index in [2.05, 4.69) is 0 Å². The summed E-state index contributed by atoms with van der Waals surface area (Å²) in [4.78, 5) is 14.1. The lowest BCUT2D eigenvalue weighted by molar-refractivity contribution is -0.137. The maximum atomic E-state index is 12.8. The molecule has 22 heavy (non-hydrogen) atoms. The second-order valence-corrected chi connectivity index (χ2v) is 6.00. The molecule has 116 valence electrons. The van der Waals surface area contributed by atoms with Gasteiger partial charge in [-0.15, -0.1) is 11.8 Å². The van der Waals surface area contributed by atoms with Crippen molar-refractivity contribution >= 4 is 17.7 Å². The average molecular weight is 327 g/mol. The first-order valence-corrected chi connectivity index (χ1v) is 7.65. The number of hydrogen-bond donors (Lipinski definition) is 0. The average Bonchev–Trinajstić information content (AvgIpc) is 3.16. The molecule has 0 saturated carbocycles. The van der Waals surface area contributed by atoms with Crippen LogP contribution >= 0.6 is 11.8 Å². The third-order valence-corrected chi connectivity index (χ3v) is 4.60. The normalized spacial score (nSPS) is 18.7. The Morgan fingerprint density at radius 1 is 1.27 bits per heavy atom. The minimum absolute atomic E-state index is 0.0360. The maximum absolute atomic E-state index is 12.8. The molecule has 1 aromatic carbocycles. The summed E-state index contributed by atoms with van der Waals surface area (Å²) >= 11 is 1.53. The van der Waals surface area contributed by atoms with E-state index in [9.17, 15) is 18.0 Å². The monoisotopic (exact) mass is 327 g/mol. The van der Waals surface area contributed by atoms with Gasteiger partial charge in [-0.2, -0.15) is 13.2 Å². The summed E-state index contributed by atoms with van der Waals surface area (Å²) in [5.74, 6) is 0.927. The van der Waals surface area contributed by atoms with Gasteiger partial charge in [0.05, 0.1) is 11.8 Å². The Balaban J connectivity index is 1.87. The Bertz CT molecular complexity index is 670. The van der Waals surface area contributed by atoms with E-state index in [0.29, 0.717) is 12.3 Å². The van der Waals surface area contributed by atoms with Crippen molar-refractivity contribution in [3.63, 3.8) is 0 Å². The highest BCUT2D eigenvalue weighted by Gasteiger charge is 2.35. The van der Waals surface area contributed by atoms with Crippen molar-refractivity contribution in [2.24, 2.45) is 0 Å². The summed E-state index contributed by atoms with van der Waals surface area (Å²) < 4.78 is 43.6. The predicted octanol–water partition coefficient (Wildman–Crippen LogP) is 4.19. The molecule has 7 heteroatoms. The van der Waals surface area contributed by atoms with E-state index in [4.69, 9.17) is 4.42 Å². The van der Waals surface area contributed by atoms with Crippen LogP contribution in [0.5, 0.6) is 0 Å². The zero-order chi connectivity index (χ0) is 15.7. The van der Waals surface area contributed by atoms with Gasteiger partial charge in [0.25, 0.3) is 5.91 Å². The SMILES string of the molecule is O=C(c1cccc(C(F)(F)F)c1)N1CCS[C@H]1c1ccco1. The summed E-state index contributed by atoms with van der Waals surface area (Å²) in [6.45, 7) is 0.477. The lowest BCUT2D eigenvalue weighted by Gasteiger charge is -2.22. The lowest BCUT2D eigenvalue weighted by Crippen LogP contribution is -2.30. The smallest absolute Gasteiger partial charge is 0.416 e. The number of amides is 1. The van der Waals surface area contributed by atoms with Gasteiger partial charge in [0.2, 0.25) is 0 Å². The molecule has 0 N–H and O–H groups in total. The first kappa shape index (κ1) is 15.0. The Kier molecular flexibility index (Phi) is 3.90. The third-order valence-electron chi connectivity index (χ3n) is 3.38. The highest BCUT2D eigenvalue weighted by atomic mass is 32.2. The number of nitrogens with zero attached hydrogens (tertiary/aromatic N) is 1. The van der Waals surface area contributed by atoms with Gasteiger partial charge in [0.1, 0.15) is 11.1 Å². The van der Waals surface area contributed by atoms with Crippen LogP contribution in [-0.4, -0.2) is 23.1 Å². The van der Waals surface area contributed by atoms with E-state index in [0.717, 1.165) is 17.9 Å². The van der Waals surface area contributed by atoms with Crippen LogP contribution in [0.4, 0.5) is 13.2 Å². The molecule has 0 spiro atoms. The minimum Gasteiger partial charge on any atom is -0.466 e.